The third-order valence-corrected chi connectivity index (χ3v) is 4.80. The van der Waals surface area contributed by atoms with E-state index in [2.05, 4.69) is 42.2 Å². The fourth-order valence-corrected chi connectivity index (χ4v) is 3.64. The van der Waals surface area contributed by atoms with Crippen molar-refractivity contribution in [1.82, 2.24) is 15.1 Å². The molecule has 1 aliphatic carbocycles. The summed E-state index contributed by atoms with van der Waals surface area (Å²) >= 11 is 1.98. The largest absolute Gasteiger partial charge is 0.424 e. The molecular weight excluding hydrogens is 246 g/mol. The standard InChI is InChI=1S/C13H23N3OS/c1-9(2)13-15-14-12(17-13)8-16(3)10-6-5-7-11(10)18-4/h9-11H,5-8H2,1-4H3. The van der Waals surface area contributed by atoms with Crippen molar-refractivity contribution < 1.29 is 4.42 Å². The first-order valence-corrected chi connectivity index (χ1v) is 7.96. The van der Waals surface area contributed by atoms with E-state index >= 15 is 0 Å². The van der Waals surface area contributed by atoms with Crippen molar-refractivity contribution in [1.29, 1.82) is 0 Å². The van der Waals surface area contributed by atoms with Crippen LogP contribution in [0.2, 0.25) is 0 Å². The Balaban J connectivity index is 1.95. The van der Waals surface area contributed by atoms with Gasteiger partial charge >= 0.3 is 0 Å². The van der Waals surface area contributed by atoms with Crippen LogP contribution < -0.4 is 0 Å². The molecule has 18 heavy (non-hydrogen) atoms. The number of nitrogens with zero attached hydrogens (tertiary/aromatic N) is 3. The maximum Gasteiger partial charge on any atom is 0.230 e. The van der Waals surface area contributed by atoms with Crippen LogP contribution in [0.5, 0.6) is 0 Å². The fraction of sp³-hybridized carbons (Fsp3) is 0.846. The van der Waals surface area contributed by atoms with Gasteiger partial charge in [0.1, 0.15) is 0 Å². The van der Waals surface area contributed by atoms with Gasteiger partial charge in [-0.05, 0) is 26.1 Å². The van der Waals surface area contributed by atoms with Crippen LogP contribution in [0.3, 0.4) is 0 Å². The summed E-state index contributed by atoms with van der Waals surface area (Å²) in [7, 11) is 2.17. The van der Waals surface area contributed by atoms with Gasteiger partial charge in [0.2, 0.25) is 11.8 Å². The van der Waals surface area contributed by atoms with Gasteiger partial charge in [-0.25, -0.2) is 0 Å². The van der Waals surface area contributed by atoms with E-state index in [9.17, 15) is 0 Å². The summed E-state index contributed by atoms with van der Waals surface area (Å²) in [5.41, 5.74) is 0. The Bertz CT molecular complexity index is 380. The van der Waals surface area contributed by atoms with Crippen molar-refractivity contribution in [3.8, 4) is 0 Å². The highest BCUT2D eigenvalue weighted by atomic mass is 32.2. The van der Waals surface area contributed by atoms with E-state index in [-0.39, 0.29) is 0 Å². The first-order chi connectivity index (χ1) is 8.61. The van der Waals surface area contributed by atoms with E-state index in [1.54, 1.807) is 0 Å². The minimum atomic E-state index is 0.307. The summed E-state index contributed by atoms with van der Waals surface area (Å²) in [6.45, 7) is 4.91. The molecule has 1 aromatic rings. The van der Waals surface area contributed by atoms with Crippen LogP contribution in [0.15, 0.2) is 4.42 Å². The summed E-state index contributed by atoms with van der Waals surface area (Å²) in [6, 6.07) is 0.648. The zero-order valence-corrected chi connectivity index (χ0v) is 12.5. The summed E-state index contributed by atoms with van der Waals surface area (Å²) in [5, 5.41) is 8.97. The van der Waals surface area contributed by atoms with Gasteiger partial charge in [-0.3, -0.25) is 4.90 Å². The minimum Gasteiger partial charge on any atom is -0.424 e. The van der Waals surface area contributed by atoms with E-state index < -0.39 is 0 Å². The molecule has 2 atom stereocenters. The molecule has 4 nitrogen and oxygen atoms in total. The number of rotatable bonds is 5. The lowest BCUT2D eigenvalue weighted by atomic mass is 10.2. The van der Waals surface area contributed by atoms with E-state index in [4.69, 9.17) is 4.42 Å². The molecule has 0 saturated heterocycles. The van der Waals surface area contributed by atoms with E-state index in [0.717, 1.165) is 23.6 Å². The molecular formula is C13H23N3OS. The molecule has 0 spiro atoms. The molecule has 2 rings (SSSR count). The predicted molar refractivity (Wildman–Crippen MR) is 74.8 cm³/mol. The molecule has 1 saturated carbocycles. The van der Waals surface area contributed by atoms with Crippen LogP contribution in [0.25, 0.3) is 0 Å². The minimum absolute atomic E-state index is 0.307. The molecule has 0 aliphatic heterocycles. The Morgan fingerprint density at radius 3 is 2.78 bits per heavy atom. The SMILES string of the molecule is CSC1CCCC1N(C)Cc1nnc(C(C)C)o1. The number of aromatic nitrogens is 2. The number of hydrogen-bond donors (Lipinski definition) is 0. The Hall–Kier alpha value is -0.550. The van der Waals surface area contributed by atoms with Gasteiger partial charge in [0.05, 0.1) is 6.54 Å². The van der Waals surface area contributed by atoms with Gasteiger partial charge in [-0.2, -0.15) is 11.8 Å². The van der Waals surface area contributed by atoms with Gasteiger partial charge in [0, 0.05) is 17.2 Å². The third kappa shape index (κ3) is 3.06. The average Bonchev–Trinajstić information content (AvgIpc) is 2.96. The Morgan fingerprint density at radius 1 is 1.39 bits per heavy atom. The quantitative estimate of drug-likeness (QED) is 0.822. The normalized spacial score (nSPS) is 24.3. The topological polar surface area (TPSA) is 42.2 Å². The number of thioether (sulfide) groups is 1. The van der Waals surface area contributed by atoms with Crippen molar-refractivity contribution in [3.63, 3.8) is 0 Å². The van der Waals surface area contributed by atoms with Gasteiger partial charge in [-0.15, -0.1) is 10.2 Å². The maximum absolute atomic E-state index is 5.67. The molecule has 0 radical (unpaired) electrons. The van der Waals surface area contributed by atoms with Crippen LogP contribution in [0.4, 0.5) is 0 Å². The lowest BCUT2D eigenvalue weighted by Crippen LogP contribution is -2.35. The summed E-state index contributed by atoms with van der Waals surface area (Å²) in [4.78, 5) is 2.37. The molecule has 1 aliphatic rings. The molecule has 0 bridgehead atoms. The van der Waals surface area contributed by atoms with Crippen molar-refractivity contribution in [2.75, 3.05) is 13.3 Å². The molecule has 5 heteroatoms. The summed E-state index contributed by atoms with van der Waals surface area (Å²) in [6.07, 6.45) is 6.16. The molecule has 0 aromatic carbocycles. The molecule has 1 fully saturated rings. The highest BCUT2D eigenvalue weighted by Crippen LogP contribution is 2.32. The molecule has 0 N–H and O–H groups in total. The monoisotopic (exact) mass is 269 g/mol. The van der Waals surface area contributed by atoms with Gasteiger partial charge in [-0.1, -0.05) is 20.3 Å². The second-order valence-corrected chi connectivity index (χ2v) is 6.45. The second-order valence-electron chi connectivity index (χ2n) is 5.38. The van der Waals surface area contributed by atoms with Crippen LogP contribution in [0.1, 0.15) is 50.8 Å². The third-order valence-electron chi connectivity index (χ3n) is 3.65. The van der Waals surface area contributed by atoms with Crippen molar-refractivity contribution in [2.45, 2.75) is 56.9 Å². The van der Waals surface area contributed by atoms with Gasteiger partial charge < -0.3 is 4.42 Å². The predicted octanol–water partition coefficient (Wildman–Crippen LogP) is 2.91. The Morgan fingerprint density at radius 2 is 2.17 bits per heavy atom. The molecule has 1 heterocycles. The Kier molecular flexibility index (Phi) is 4.67. The highest BCUT2D eigenvalue weighted by Gasteiger charge is 2.30. The summed E-state index contributed by atoms with van der Waals surface area (Å²) < 4.78 is 5.67. The van der Waals surface area contributed by atoms with Crippen molar-refractivity contribution in [3.05, 3.63) is 11.8 Å². The van der Waals surface area contributed by atoms with Gasteiger partial charge in [0.15, 0.2) is 0 Å². The van der Waals surface area contributed by atoms with Crippen LogP contribution in [0, 0.1) is 0 Å². The molecule has 0 amide bonds. The van der Waals surface area contributed by atoms with Crippen molar-refractivity contribution >= 4 is 11.8 Å². The highest BCUT2D eigenvalue weighted by molar-refractivity contribution is 7.99. The lowest BCUT2D eigenvalue weighted by molar-refractivity contribution is 0.216. The first-order valence-electron chi connectivity index (χ1n) is 6.67. The lowest BCUT2D eigenvalue weighted by Gasteiger charge is -2.27. The summed E-state index contributed by atoms with van der Waals surface area (Å²) in [5.74, 6) is 1.79. The van der Waals surface area contributed by atoms with E-state index in [0.29, 0.717) is 12.0 Å². The fourth-order valence-electron chi connectivity index (χ4n) is 2.58. The molecule has 2 unspecified atom stereocenters. The second kappa shape index (κ2) is 6.06. The zero-order valence-electron chi connectivity index (χ0n) is 11.7. The van der Waals surface area contributed by atoms with E-state index in [1.165, 1.54) is 19.3 Å². The average molecular weight is 269 g/mol. The van der Waals surface area contributed by atoms with Crippen molar-refractivity contribution in [2.24, 2.45) is 0 Å². The zero-order chi connectivity index (χ0) is 13.1. The smallest absolute Gasteiger partial charge is 0.230 e. The van der Waals surface area contributed by atoms with Crippen LogP contribution in [-0.2, 0) is 6.54 Å². The van der Waals surface area contributed by atoms with Crippen LogP contribution >= 0.6 is 11.8 Å². The molecule has 102 valence electrons. The first kappa shape index (κ1) is 13.9. The number of hydrogen-bond acceptors (Lipinski definition) is 5. The van der Waals surface area contributed by atoms with Crippen LogP contribution in [-0.4, -0.2) is 39.7 Å². The van der Waals surface area contributed by atoms with Gasteiger partial charge in [0.25, 0.3) is 0 Å². The van der Waals surface area contributed by atoms with E-state index in [1.807, 2.05) is 11.8 Å². The Labute approximate surface area is 114 Å². The molecule has 1 aromatic heterocycles. The maximum atomic E-state index is 5.67.